The van der Waals surface area contributed by atoms with Crippen LogP contribution < -0.4 is 35.2 Å². The summed E-state index contributed by atoms with van der Waals surface area (Å²) < 4.78 is 0. The Balaban J connectivity index is 0.00000228. The maximum atomic E-state index is 2.83. The number of rotatable bonds is 10. The third-order valence-electron chi connectivity index (χ3n) is 14.4. The molecule has 2 aliphatic rings. The van der Waals surface area contributed by atoms with Crippen LogP contribution in [0.4, 0.5) is 0 Å². The van der Waals surface area contributed by atoms with E-state index < -0.39 is 8.07 Å². The van der Waals surface area contributed by atoms with Crippen LogP contribution in [0.2, 0.25) is 12.6 Å². The van der Waals surface area contributed by atoms with Gasteiger partial charge in [-0.15, -0.1) is 69.1 Å². The molecule has 6 aromatic rings. The maximum Gasteiger partial charge on any atom is 4.00 e. The van der Waals surface area contributed by atoms with E-state index in [9.17, 15) is 0 Å². The first-order valence-electron chi connectivity index (χ1n) is 23.0. The number of fused-ring (bicyclic) bond motifs is 2. The molecule has 0 aromatic heterocycles. The van der Waals surface area contributed by atoms with Crippen LogP contribution in [0, 0.1) is 11.8 Å². The molecule has 2 aliphatic carbocycles. The molecular weight excluding hydrogens is 863 g/mol. The summed E-state index contributed by atoms with van der Waals surface area (Å²) in [5.41, 5.74) is 12.1. The number of hydrogen-bond acceptors (Lipinski definition) is 0. The predicted molar refractivity (Wildman–Crippen MR) is 254 cm³/mol. The van der Waals surface area contributed by atoms with E-state index >= 15 is 0 Å². The topological polar surface area (TPSA) is 0 Å². The zero-order valence-electron chi connectivity index (χ0n) is 38.0. The standard InChI is InChI=1S/C56H70Si.2ClH.Zr/c1-9-34-57(8,53-45(35-39-18-12-10-13-19-39)37-43-22-16-24-49(51(43)53)41-26-30-47(31-27-41)55(2,3)4)54-46(36-40-20-14-11-15-21-40)38-44-23-17-25-50(52(44)54)42-28-32-48(33-29-42)56(5,6)7;;;/h16-17,22-33,37-40H,9-15,18-21,34-36H2,1-8H3;2*1H;/q-2;;;+4/p-2. The van der Waals surface area contributed by atoms with Crippen LogP contribution >= 0.6 is 0 Å². The zero-order chi connectivity index (χ0) is 40.0. The predicted octanol–water partition coefficient (Wildman–Crippen LogP) is 9.21. The summed E-state index contributed by atoms with van der Waals surface area (Å²) >= 11 is 0. The Labute approximate surface area is 396 Å². The minimum absolute atomic E-state index is 0. The Morgan fingerprint density at radius 2 is 0.900 bits per heavy atom. The SMILES string of the molecule is CCC[Si](C)(c1c(CC2CCCCC2)[cH-]c2cccc(-c3ccc(C(C)(C)C)cc3)c12)c1c(CC2CCCCC2)[cH-]c2cccc(-c3ccc(C(C)(C)C)cc3)c12.[Cl-].[Cl-].[Zr+4]. The van der Waals surface area contributed by atoms with Crippen molar-refractivity contribution in [2.24, 2.45) is 11.8 Å². The first kappa shape index (κ1) is 48.8. The fourth-order valence-corrected chi connectivity index (χ4v) is 16.6. The van der Waals surface area contributed by atoms with Gasteiger partial charge in [-0.2, -0.15) is 10.4 Å². The first-order valence-corrected chi connectivity index (χ1v) is 25.7. The molecular formula is C56H70Cl2SiZr. The molecule has 0 radical (unpaired) electrons. The van der Waals surface area contributed by atoms with Gasteiger partial charge >= 0.3 is 26.2 Å². The van der Waals surface area contributed by atoms with Crippen molar-refractivity contribution in [2.45, 2.75) is 155 Å². The molecule has 4 heteroatoms. The number of hydrogen-bond donors (Lipinski definition) is 0. The van der Waals surface area contributed by atoms with E-state index in [2.05, 4.69) is 152 Å². The molecule has 6 aromatic carbocycles. The summed E-state index contributed by atoms with van der Waals surface area (Å²) in [4.78, 5) is 0. The van der Waals surface area contributed by atoms with Crippen molar-refractivity contribution in [3.8, 4) is 22.3 Å². The van der Waals surface area contributed by atoms with E-state index in [1.54, 1.807) is 32.3 Å². The van der Waals surface area contributed by atoms with Gasteiger partial charge in [0.05, 0.1) is 0 Å². The molecule has 316 valence electrons. The Hall–Kier alpha value is -2.22. The Morgan fingerprint density at radius 3 is 1.23 bits per heavy atom. The van der Waals surface area contributed by atoms with Crippen molar-refractivity contribution >= 4 is 40.0 Å². The maximum absolute atomic E-state index is 2.83. The average Bonchev–Trinajstić information content (AvgIpc) is 3.77. The largest absolute Gasteiger partial charge is 4.00 e. The molecule has 0 N–H and O–H groups in total. The van der Waals surface area contributed by atoms with Crippen LogP contribution in [0.15, 0.2) is 97.1 Å². The second-order valence-corrected chi connectivity index (χ2v) is 24.9. The number of benzene rings is 4. The first-order chi connectivity index (χ1) is 27.3. The van der Waals surface area contributed by atoms with E-state index in [0.717, 1.165) is 11.8 Å². The minimum Gasteiger partial charge on any atom is -1.00 e. The molecule has 0 bridgehead atoms. The summed E-state index contributed by atoms with van der Waals surface area (Å²) in [5.74, 6) is 1.58. The van der Waals surface area contributed by atoms with Crippen molar-refractivity contribution in [1.29, 1.82) is 0 Å². The third-order valence-corrected chi connectivity index (χ3v) is 19.3. The van der Waals surface area contributed by atoms with Gasteiger partial charge < -0.3 is 24.8 Å². The van der Waals surface area contributed by atoms with Gasteiger partial charge in [0.2, 0.25) is 0 Å². The Morgan fingerprint density at radius 1 is 0.533 bits per heavy atom. The molecule has 2 saturated carbocycles. The summed E-state index contributed by atoms with van der Waals surface area (Å²) in [6.07, 6.45) is 17.6. The smallest absolute Gasteiger partial charge is 1.00 e. The van der Waals surface area contributed by atoms with E-state index in [0.29, 0.717) is 0 Å². The van der Waals surface area contributed by atoms with Gasteiger partial charge in [-0.1, -0.05) is 203 Å². The molecule has 2 fully saturated rings. The van der Waals surface area contributed by atoms with Gasteiger partial charge in [0.1, 0.15) is 0 Å². The van der Waals surface area contributed by atoms with Crippen LogP contribution in [-0.2, 0) is 49.9 Å². The van der Waals surface area contributed by atoms with Crippen LogP contribution in [0.3, 0.4) is 0 Å². The van der Waals surface area contributed by atoms with Crippen LogP contribution in [0.5, 0.6) is 0 Å². The van der Waals surface area contributed by atoms with E-state index in [4.69, 9.17) is 0 Å². The molecule has 60 heavy (non-hydrogen) atoms. The monoisotopic (exact) mass is 930 g/mol. The summed E-state index contributed by atoms with van der Waals surface area (Å²) in [7, 11) is -2.39. The number of halogens is 2. The van der Waals surface area contributed by atoms with Gasteiger partial charge in [0, 0.05) is 8.07 Å². The van der Waals surface area contributed by atoms with Gasteiger partial charge in [-0.25, -0.2) is 0 Å². The van der Waals surface area contributed by atoms with Crippen molar-refractivity contribution in [2.75, 3.05) is 0 Å². The van der Waals surface area contributed by atoms with Gasteiger partial charge in [0.15, 0.2) is 0 Å². The molecule has 0 aliphatic heterocycles. The van der Waals surface area contributed by atoms with Crippen LogP contribution in [-0.4, -0.2) is 8.07 Å². The van der Waals surface area contributed by atoms with E-state index in [1.807, 2.05) is 0 Å². The zero-order valence-corrected chi connectivity index (χ0v) is 43.0. The second kappa shape index (κ2) is 20.1. The summed E-state index contributed by atoms with van der Waals surface area (Å²) in [6.45, 7) is 19.3. The Bertz CT molecular complexity index is 2140. The van der Waals surface area contributed by atoms with Crippen LogP contribution in [0.25, 0.3) is 43.8 Å². The third kappa shape index (κ3) is 9.94. The van der Waals surface area contributed by atoms with Crippen molar-refractivity contribution in [3.05, 3.63) is 119 Å². The second-order valence-electron chi connectivity index (χ2n) is 20.8. The molecule has 8 rings (SSSR count). The van der Waals surface area contributed by atoms with Crippen molar-refractivity contribution < 1.29 is 51.0 Å². The molecule has 0 atom stereocenters. The summed E-state index contributed by atoms with van der Waals surface area (Å²) in [5, 5.41) is 9.61. The van der Waals surface area contributed by atoms with Crippen molar-refractivity contribution in [3.63, 3.8) is 0 Å². The van der Waals surface area contributed by atoms with Gasteiger partial charge in [0.25, 0.3) is 0 Å². The summed E-state index contributed by atoms with van der Waals surface area (Å²) in [6, 6.07) is 40.4. The van der Waals surface area contributed by atoms with Crippen molar-refractivity contribution in [1.82, 2.24) is 0 Å². The molecule has 0 unspecified atom stereocenters. The minimum atomic E-state index is -2.39. The quantitative estimate of drug-likeness (QED) is 0.0951. The normalized spacial score (nSPS) is 15.7. The molecule has 0 saturated heterocycles. The molecule has 0 nitrogen and oxygen atoms in total. The molecule has 0 spiro atoms. The molecule has 0 amide bonds. The molecule has 0 heterocycles. The van der Waals surface area contributed by atoms with Gasteiger partial charge in [-0.3, -0.25) is 0 Å². The fraction of sp³-hybridized carbons (Fsp3) is 0.464. The Kier molecular flexibility index (Phi) is 16.3. The van der Waals surface area contributed by atoms with Gasteiger partial charge in [-0.05, 0) is 57.8 Å². The average molecular weight is 933 g/mol. The fourth-order valence-electron chi connectivity index (χ4n) is 11.4. The van der Waals surface area contributed by atoms with Crippen LogP contribution in [0.1, 0.15) is 141 Å². The van der Waals surface area contributed by atoms with E-state index in [1.165, 1.54) is 134 Å². The van der Waals surface area contributed by atoms with E-state index in [-0.39, 0.29) is 61.8 Å².